The molecule has 0 bridgehead atoms. The molecule has 0 amide bonds. The van der Waals surface area contributed by atoms with Gasteiger partial charge in [0.2, 0.25) is 0 Å². The van der Waals surface area contributed by atoms with Crippen molar-refractivity contribution in [2.24, 2.45) is 5.92 Å². The molecule has 1 aromatic carbocycles. The van der Waals surface area contributed by atoms with Crippen molar-refractivity contribution in [3.8, 4) is 11.5 Å². The van der Waals surface area contributed by atoms with Gasteiger partial charge in [0.25, 0.3) is 0 Å². The van der Waals surface area contributed by atoms with Crippen molar-refractivity contribution in [3.05, 3.63) is 24.3 Å². The van der Waals surface area contributed by atoms with Gasteiger partial charge in [-0.25, -0.2) is 0 Å². The summed E-state index contributed by atoms with van der Waals surface area (Å²) in [7, 11) is 0. The summed E-state index contributed by atoms with van der Waals surface area (Å²) in [5, 5.41) is 3.72. The number of hydrogen-bond acceptors (Lipinski definition) is 3. The van der Waals surface area contributed by atoms with Crippen LogP contribution in [-0.4, -0.2) is 25.3 Å². The second kappa shape index (κ2) is 6.49. The topological polar surface area (TPSA) is 30.5 Å². The SMILES string of the molecule is CC1CCCCC1NCC1CCOc2ccccc2O1. The summed E-state index contributed by atoms with van der Waals surface area (Å²) in [6, 6.07) is 8.63. The number of nitrogens with one attached hydrogen (secondary N) is 1. The highest BCUT2D eigenvalue weighted by molar-refractivity contribution is 5.40. The third kappa shape index (κ3) is 3.26. The maximum atomic E-state index is 6.10. The number of fused-ring (bicyclic) bond motifs is 1. The van der Waals surface area contributed by atoms with Gasteiger partial charge < -0.3 is 14.8 Å². The van der Waals surface area contributed by atoms with Crippen LogP contribution in [0.4, 0.5) is 0 Å². The molecule has 1 aromatic rings. The number of rotatable bonds is 3. The molecule has 3 atom stereocenters. The number of benzene rings is 1. The van der Waals surface area contributed by atoms with Gasteiger partial charge in [0.05, 0.1) is 6.61 Å². The van der Waals surface area contributed by atoms with E-state index < -0.39 is 0 Å². The van der Waals surface area contributed by atoms with Crippen LogP contribution >= 0.6 is 0 Å². The number of para-hydroxylation sites is 2. The van der Waals surface area contributed by atoms with Crippen LogP contribution in [0.5, 0.6) is 11.5 Å². The molecule has 1 aliphatic heterocycles. The van der Waals surface area contributed by atoms with Gasteiger partial charge in [-0.05, 0) is 30.9 Å². The Hall–Kier alpha value is -1.22. The Bertz CT molecular complexity index is 435. The fourth-order valence-corrected chi connectivity index (χ4v) is 3.25. The molecule has 1 fully saturated rings. The molecule has 1 aliphatic carbocycles. The van der Waals surface area contributed by atoms with Gasteiger partial charge in [0, 0.05) is 19.0 Å². The van der Waals surface area contributed by atoms with E-state index in [9.17, 15) is 0 Å². The molecule has 3 unspecified atom stereocenters. The summed E-state index contributed by atoms with van der Waals surface area (Å²) in [4.78, 5) is 0. The van der Waals surface area contributed by atoms with Crippen molar-refractivity contribution in [2.75, 3.05) is 13.2 Å². The molecular formula is C17H25NO2. The molecule has 0 aromatic heterocycles. The van der Waals surface area contributed by atoms with Crippen molar-refractivity contribution >= 4 is 0 Å². The fraction of sp³-hybridized carbons (Fsp3) is 0.647. The van der Waals surface area contributed by atoms with Crippen LogP contribution in [0.15, 0.2) is 24.3 Å². The monoisotopic (exact) mass is 275 g/mol. The number of hydrogen-bond donors (Lipinski definition) is 1. The molecule has 110 valence electrons. The van der Waals surface area contributed by atoms with Crippen LogP contribution < -0.4 is 14.8 Å². The first-order chi connectivity index (χ1) is 9.83. The first-order valence-electron chi connectivity index (χ1n) is 7.95. The second-order valence-electron chi connectivity index (χ2n) is 6.10. The van der Waals surface area contributed by atoms with E-state index in [1.807, 2.05) is 24.3 Å². The highest BCUT2D eigenvalue weighted by Crippen LogP contribution is 2.30. The van der Waals surface area contributed by atoms with Gasteiger partial charge in [0.15, 0.2) is 11.5 Å². The van der Waals surface area contributed by atoms with Crippen molar-refractivity contribution in [1.82, 2.24) is 5.32 Å². The van der Waals surface area contributed by atoms with Crippen LogP contribution in [0.2, 0.25) is 0 Å². The molecule has 1 saturated carbocycles. The van der Waals surface area contributed by atoms with Gasteiger partial charge in [-0.1, -0.05) is 31.9 Å². The van der Waals surface area contributed by atoms with Crippen LogP contribution in [-0.2, 0) is 0 Å². The van der Waals surface area contributed by atoms with Gasteiger partial charge in [-0.3, -0.25) is 0 Å². The van der Waals surface area contributed by atoms with E-state index in [2.05, 4.69) is 12.2 Å². The van der Waals surface area contributed by atoms with E-state index in [0.29, 0.717) is 6.04 Å². The predicted octanol–water partition coefficient (Wildman–Crippen LogP) is 3.38. The zero-order valence-electron chi connectivity index (χ0n) is 12.3. The summed E-state index contributed by atoms with van der Waals surface area (Å²) < 4.78 is 11.8. The van der Waals surface area contributed by atoms with E-state index in [-0.39, 0.29) is 6.10 Å². The van der Waals surface area contributed by atoms with E-state index in [4.69, 9.17) is 9.47 Å². The van der Waals surface area contributed by atoms with Crippen molar-refractivity contribution in [1.29, 1.82) is 0 Å². The minimum absolute atomic E-state index is 0.216. The lowest BCUT2D eigenvalue weighted by atomic mass is 9.86. The molecule has 20 heavy (non-hydrogen) atoms. The van der Waals surface area contributed by atoms with Gasteiger partial charge in [-0.2, -0.15) is 0 Å². The van der Waals surface area contributed by atoms with Crippen molar-refractivity contribution in [3.63, 3.8) is 0 Å². The normalized spacial score (nSPS) is 29.8. The number of ether oxygens (including phenoxy) is 2. The van der Waals surface area contributed by atoms with E-state index in [1.54, 1.807) is 0 Å². The molecule has 1 N–H and O–H groups in total. The highest BCUT2D eigenvalue weighted by Gasteiger charge is 2.23. The van der Waals surface area contributed by atoms with E-state index in [1.165, 1.54) is 25.7 Å². The Morgan fingerprint density at radius 1 is 1.10 bits per heavy atom. The maximum absolute atomic E-state index is 6.10. The van der Waals surface area contributed by atoms with Crippen LogP contribution in [0.3, 0.4) is 0 Å². The third-order valence-corrected chi connectivity index (χ3v) is 4.56. The molecule has 3 heteroatoms. The lowest BCUT2D eigenvalue weighted by Crippen LogP contribution is -2.42. The molecule has 2 aliphatic rings. The molecule has 0 saturated heterocycles. The molecule has 0 radical (unpaired) electrons. The quantitative estimate of drug-likeness (QED) is 0.917. The zero-order chi connectivity index (χ0) is 13.8. The van der Waals surface area contributed by atoms with Crippen LogP contribution in [0.1, 0.15) is 39.0 Å². The van der Waals surface area contributed by atoms with Crippen LogP contribution in [0, 0.1) is 5.92 Å². The Kier molecular flexibility index (Phi) is 4.46. The molecule has 3 rings (SSSR count). The zero-order valence-corrected chi connectivity index (χ0v) is 12.3. The lowest BCUT2D eigenvalue weighted by Gasteiger charge is -2.31. The summed E-state index contributed by atoms with van der Waals surface area (Å²) >= 11 is 0. The Labute approximate surface area is 121 Å². The summed E-state index contributed by atoms with van der Waals surface area (Å²) in [5.41, 5.74) is 0. The minimum atomic E-state index is 0.216. The predicted molar refractivity (Wildman–Crippen MR) is 80.4 cm³/mol. The minimum Gasteiger partial charge on any atom is -0.490 e. The molecule has 1 heterocycles. The second-order valence-corrected chi connectivity index (χ2v) is 6.10. The van der Waals surface area contributed by atoms with E-state index >= 15 is 0 Å². The Morgan fingerprint density at radius 2 is 1.90 bits per heavy atom. The average Bonchev–Trinajstić information content (AvgIpc) is 2.68. The summed E-state index contributed by atoms with van der Waals surface area (Å²) in [5.74, 6) is 2.55. The van der Waals surface area contributed by atoms with Crippen LogP contribution in [0.25, 0.3) is 0 Å². The highest BCUT2D eigenvalue weighted by atomic mass is 16.5. The standard InChI is InChI=1S/C17H25NO2/c1-13-6-2-3-7-15(13)18-12-14-10-11-19-16-8-4-5-9-17(16)20-14/h4-5,8-9,13-15,18H,2-3,6-7,10-12H2,1H3. The smallest absolute Gasteiger partial charge is 0.161 e. The van der Waals surface area contributed by atoms with Gasteiger partial charge in [0.1, 0.15) is 6.10 Å². The summed E-state index contributed by atoms with van der Waals surface area (Å²) in [6.45, 7) is 4.03. The third-order valence-electron chi connectivity index (χ3n) is 4.56. The first-order valence-corrected chi connectivity index (χ1v) is 7.95. The molecule has 0 spiro atoms. The van der Waals surface area contributed by atoms with Gasteiger partial charge >= 0.3 is 0 Å². The van der Waals surface area contributed by atoms with Crippen molar-refractivity contribution < 1.29 is 9.47 Å². The molecular weight excluding hydrogens is 250 g/mol. The summed E-state index contributed by atoms with van der Waals surface area (Å²) in [6.07, 6.45) is 6.58. The first kappa shape index (κ1) is 13.7. The Balaban J connectivity index is 1.55. The van der Waals surface area contributed by atoms with Gasteiger partial charge in [-0.15, -0.1) is 0 Å². The van der Waals surface area contributed by atoms with E-state index in [0.717, 1.165) is 37.0 Å². The average molecular weight is 275 g/mol. The fourth-order valence-electron chi connectivity index (χ4n) is 3.25. The molecule has 3 nitrogen and oxygen atoms in total. The maximum Gasteiger partial charge on any atom is 0.161 e. The lowest BCUT2D eigenvalue weighted by molar-refractivity contribution is 0.169. The Morgan fingerprint density at radius 3 is 2.75 bits per heavy atom. The van der Waals surface area contributed by atoms with Crippen molar-refractivity contribution in [2.45, 2.75) is 51.2 Å². The largest absolute Gasteiger partial charge is 0.490 e.